The van der Waals surface area contributed by atoms with E-state index in [2.05, 4.69) is 0 Å². The predicted molar refractivity (Wildman–Crippen MR) is 33.0 cm³/mol. The van der Waals surface area contributed by atoms with Crippen molar-refractivity contribution in [1.82, 2.24) is 0 Å². The number of carbonyl (C=O) groups excluding carboxylic acids is 2. The van der Waals surface area contributed by atoms with Crippen LogP contribution in [0.2, 0.25) is 0 Å². The maximum Gasteiger partial charge on any atom is 0.140 e. The molecule has 0 spiro atoms. The minimum atomic E-state index is -0.975. The largest absolute Gasteiger partial charge is 0.302 e. The number of nitriles is 1. The first-order chi connectivity index (χ1) is 4.72. The molecular formula is C7H7NO2. The van der Waals surface area contributed by atoms with Crippen LogP contribution in [0.15, 0.2) is 0 Å². The Morgan fingerprint density at radius 2 is 2.40 bits per heavy atom. The molecule has 0 aliphatic heterocycles. The molecule has 0 heterocycles. The van der Waals surface area contributed by atoms with Gasteiger partial charge >= 0.3 is 0 Å². The monoisotopic (exact) mass is 137 g/mol. The molecule has 3 nitrogen and oxygen atoms in total. The first kappa shape index (κ1) is 6.94. The summed E-state index contributed by atoms with van der Waals surface area (Å²) in [6, 6.07) is 1.87. The van der Waals surface area contributed by atoms with Crippen LogP contribution in [0.5, 0.6) is 0 Å². The highest BCUT2D eigenvalue weighted by molar-refractivity contribution is 5.87. The number of carbonyl (C=O) groups is 2. The number of aldehydes is 1. The zero-order chi connectivity index (χ0) is 7.61. The minimum absolute atomic E-state index is 0.0219. The van der Waals surface area contributed by atoms with E-state index in [0.29, 0.717) is 19.1 Å². The quantitative estimate of drug-likeness (QED) is 0.493. The summed E-state index contributed by atoms with van der Waals surface area (Å²) in [5.74, 6) is 0.0219. The number of hydrogen-bond donors (Lipinski definition) is 0. The zero-order valence-corrected chi connectivity index (χ0v) is 5.46. The van der Waals surface area contributed by atoms with E-state index in [-0.39, 0.29) is 12.2 Å². The molecule has 1 rings (SSSR count). The van der Waals surface area contributed by atoms with Crippen molar-refractivity contribution < 1.29 is 9.59 Å². The van der Waals surface area contributed by atoms with E-state index in [9.17, 15) is 9.59 Å². The Kier molecular flexibility index (Phi) is 1.54. The molecule has 0 N–H and O–H groups in total. The van der Waals surface area contributed by atoms with E-state index in [0.717, 1.165) is 0 Å². The highest BCUT2D eigenvalue weighted by Gasteiger charge is 2.38. The molecule has 0 bridgehead atoms. The first-order valence-corrected chi connectivity index (χ1v) is 3.12. The lowest BCUT2D eigenvalue weighted by atomic mass is 9.90. The van der Waals surface area contributed by atoms with E-state index in [1.807, 2.05) is 6.07 Å². The lowest BCUT2D eigenvalue weighted by Gasteiger charge is -2.06. The molecule has 52 valence electrons. The third-order valence-corrected chi connectivity index (χ3v) is 1.81. The maximum absolute atomic E-state index is 10.7. The van der Waals surface area contributed by atoms with Crippen LogP contribution in [-0.4, -0.2) is 12.1 Å². The maximum atomic E-state index is 10.7. The van der Waals surface area contributed by atoms with Crippen molar-refractivity contribution in [3.05, 3.63) is 0 Å². The van der Waals surface area contributed by atoms with Crippen LogP contribution in [0.1, 0.15) is 19.3 Å². The second-order valence-corrected chi connectivity index (χ2v) is 2.60. The van der Waals surface area contributed by atoms with Gasteiger partial charge in [0.25, 0.3) is 0 Å². The van der Waals surface area contributed by atoms with E-state index in [4.69, 9.17) is 5.26 Å². The molecule has 0 amide bonds. The summed E-state index contributed by atoms with van der Waals surface area (Å²) in [5.41, 5.74) is -0.975. The second kappa shape index (κ2) is 2.22. The number of ketones is 1. The van der Waals surface area contributed by atoms with Crippen LogP contribution >= 0.6 is 0 Å². The molecule has 1 saturated carbocycles. The van der Waals surface area contributed by atoms with Gasteiger partial charge in [-0.25, -0.2) is 0 Å². The van der Waals surface area contributed by atoms with E-state index >= 15 is 0 Å². The van der Waals surface area contributed by atoms with Crippen LogP contribution in [-0.2, 0) is 9.59 Å². The van der Waals surface area contributed by atoms with Gasteiger partial charge in [-0.3, -0.25) is 4.79 Å². The molecule has 1 aliphatic carbocycles. The van der Waals surface area contributed by atoms with Crippen molar-refractivity contribution in [2.24, 2.45) is 5.41 Å². The molecule has 1 fully saturated rings. The normalized spacial score (nSPS) is 31.7. The number of Topliss-reactive ketones (excluding diaryl/α,β-unsaturated/α-hetero) is 1. The van der Waals surface area contributed by atoms with Gasteiger partial charge in [-0.15, -0.1) is 0 Å². The van der Waals surface area contributed by atoms with Crippen LogP contribution in [0.3, 0.4) is 0 Å². The molecule has 10 heavy (non-hydrogen) atoms. The SMILES string of the molecule is N#CC1(C=O)CCC(=O)C1. The summed E-state index contributed by atoms with van der Waals surface area (Å²) in [6.45, 7) is 0. The molecule has 1 atom stereocenters. The molecule has 0 aromatic heterocycles. The second-order valence-electron chi connectivity index (χ2n) is 2.60. The van der Waals surface area contributed by atoms with Gasteiger partial charge < -0.3 is 4.79 Å². The Labute approximate surface area is 58.6 Å². The molecule has 0 aromatic carbocycles. The molecule has 0 radical (unpaired) electrons. The van der Waals surface area contributed by atoms with Gasteiger partial charge in [0.05, 0.1) is 6.07 Å². The molecular weight excluding hydrogens is 130 g/mol. The average Bonchev–Trinajstić information content (AvgIpc) is 2.33. The summed E-state index contributed by atoms with van der Waals surface area (Å²) in [5, 5.41) is 8.50. The lowest BCUT2D eigenvalue weighted by Crippen LogP contribution is -2.15. The molecule has 0 aromatic rings. The standard InChI is InChI=1S/C7H7NO2/c8-4-7(5-9)2-1-6(10)3-7/h5H,1-3H2. The number of nitrogens with zero attached hydrogens (tertiary/aromatic N) is 1. The first-order valence-electron chi connectivity index (χ1n) is 3.12. The van der Waals surface area contributed by atoms with Gasteiger partial charge in [-0.1, -0.05) is 0 Å². The summed E-state index contributed by atoms with van der Waals surface area (Å²) in [4.78, 5) is 21.0. The molecule has 1 aliphatic rings. The van der Waals surface area contributed by atoms with Crippen LogP contribution < -0.4 is 0 Å². The van der Waals surface area contributed by atoms with Crippen LogP contribution in [0, 0.1) is 16.7 Å². The zero-order valence-electron chi connectivity index (χ0n) is 5.46. The van der Waals surface area contributed by atoms with Gasteiger partial charge in [-0.2, -0.15) is 5.26 Å². The summed E-state index contributed by atoms with van der Waals surface area (Å²) >= 11 is 0. The van der Waals surface area contributed by atoms with Gasteiger partial charge in [0.2, 0.25) is 0 Å². The van der Waals surface area contributed by atoms with Gasteiger partial charge in [0.15, 0.2) is 0 Å². The van der Waals surface area contributed by atoms with Crippen molar-refractivity contribution in [3.63, 3.8) is 0 Å². The van der Waals surface area contributed by atoms with E-state index in [1.54, 1.807) is 0 Å². The Morgan fingerprint density at radius 1 is 1.70 bits per heavy atom. The average molecular weight is 137 g/mol. The van der Waals surface area contributed by atoms with Crippen LogP contribution in [0.4, 0.5) is 0 Å². The predicted octanol–water partition coefficient (Wildman–Crippen LogP) is 0.448. The fourth-order valence-corrected chi connectivity index (χ4v) is 1.11. The van der Waals surface area contributed by atoms with E-state index in [1.165, 1.54) is 0 Å². The summed E-state index contributed by atoms with van der Waals surface area (Å²) in [6.07, 6.45) is 1.50. The Morgan fingerprint density at radius 3 is 2.60 bits per heavy atom. The van der Waals surface area contributed by atoms with Crippen molar-refractivity contribution >= 4 is 12.1 Å². The highest BCUT2D eigenvalue weighted by atomic mass is 16.1. The summed E-state index contributed by atoms with van der Waals surface area (Å²) < 4.78 is 0. The van der Waals surface area contributed by atoms with Crippen LogP contribution in [0.25, 0.3) is 0 Å². The lowest BCUT2D eigenvalue weighted by molar-refractivity contribution is -0.120. The van der Waals surface area contributed by atoms with Gasteiger partial charge in [0, 0.05) is 12.8 Å². The van der Waals surface area contributed by atoms with Crippen molar-refractivity contribution in [3.8, 4) is 6.07 Å². The van der Waals surface area contributed by atoms with Gasteiger partial charge in [-0.05, 0) is 6.42 Å². The topological polar surface area (TPSA) is 57.9 Å². The van der Waals surface area contributed by atoms with E-state index < -0.39 is 5.41 Å². The smallest absolute Gasteiger partial charge is 0.140 e. The summed E-state index contributed by atoms with van der Waals surface area (Å²) in [7, 11) is 0. The molecule has 0 saturated heterocycles. The van der Waals surface area contributed by atoms with Crippen molar-refractivity contribution in [2.45, 2.75) is 19.3 Å². The Balaban J connectivity index is 2.80. The van der Waals surface area contributed by atoms with Crippen molar-refractivity contribution in [1.29, 1.82) is 5.26 Å². The van der Waals surface area contributed by atoms with Crippen molar-refractivity contribution in [2.75, 3.05) is 0 Å². The molecule has 1 unspecified atom stereocenters. The highest BCUT2D eigenvalue weighted by Crippen LogP contribution is 2.32. The number of hydrogen-bond acceptors (Lipinski definition) is 3. The third-order valence-electron chi connectivity index (χ3n) is 1.81. The third kappa shape index (κ3) is 0.926. The van der Waals surface area contributed by atoms with Gasteiger partial charge in [0.1, 0.15) is 17.5 Å². The molecule has 3 heteroatoms. The fourth-order valence-electron chi connectivity index (χ4n) is 1.11. The number of rotatable bonds is 1. The minimum Gasteiger partial charge on any atom is -0.302 e. The fraction of sp³-hybridized carbons (Fsp3) is 0.571. The Hall–Kier alpha value is -1.17. The Bertz CT molecular complexity index is 216.